The van der Waals surface area contributed by atoms with Crippen molar-refractivity contribution >= 4 is 5.91 Å². The second-order valence-electron chi connectivity index (χ2n) is 5.19. The van der Waals surface area contributed by atoms with Crippen molar-refractivity contribution in [3.8, 4) is 0 Å². The van der Waals surface area contributed by atoms with Crippen LogP contribution in [0.15, 0.2) is 60.7 Å². The Morgan fingerprint density at radius 2 is 1.30 bits per heavy atom. The molecule has 0 aliphatic heterocycles. The van der Waals surface area contributed by atoms with Crippen molar-refractivity contribution in [1.29, 1.82) is 0 Å². The van der Waals surface area contributed by atoms with Gasteiger partial charge in [0.25, 0.3) is 0 Å². The minimum atomic E-state index is -0.605. The number of benzene rings is 2. The number of nitrogens with zero attached hydrogens (tertiary/aromatic N) is 1. The third-order valence-electron chi connectivity index (χ3n) is 3.83. The second kappa shape index (κ2) is 5.91. The van der Waals surface area contributed by atoms with E-state index < -0.39 is 5.41 Å². The van der Waals surface area contributed by atoms with E-state index in [1.165, 1.54) is 0 Å². The van der Waals surface area contributed by atoms with E-state index in [4.69, 9.17) is 0 Å². The zero-order valence-electron chi connectivity index (χ0n) is 12.3. The van der Waals surface area contributed by atoms with Crippen molar-refractivity contribution in [2.75, 3.05) is 14.1 Å². The minimum Gasteiger partial charge on any atom is -0.348 e. The Labute approximate surface area is 121 Å². The van der Waals surface area contributed by atoms with E-state index in [1.54, 1.807) is 4.90 Å². The molecular formula is C18H21NO. The smallest absolute Gasteiger partial charge is 0.237 e. The van der Waals surface area contributed by atoms with Crippen molar-refractivity contribution in [3.05, 3.63) is 71.8 Å². The van der Waals surface area contributed by atoms with Crippen LogP contribution in [0, 0.1) is 0 Å². The summed E-state index contributed by atoms with van der Waals surface area (Å²) < 4.78 is 0. The molecule has 2 rings (SSSR count). The average molecular weight is 267 g/mol. The molecule has 0 aromatic heterocycles. The number of carbonyl (C=O) groups excluding carboxylic acids is 1. The topological polar surface area (TPSA) is 20.3 Å². The molecule has 2 aromatic carbocycles. The molecule has 0 saturated carbocycles. The van der Waals surface area contributed by atoms with E-state index in [0.29, 0.717) is 0 Å². The van der Waals surface area contributed by atoms with Gasteiger partial charge in [0, 0.05) is 14.1 Å². The fraction of sp³-hybridized carbons (Fsp3) is 0.278. The van der Waals surface area contributed by atoms with E-state index in [0.717, 1.165) is 17.5 Å². The van der Waals surface area contributed by atoms with Gasteiger partial charge in [-0.15, -0.1) is 0 Å². The van der Waals surface area contributed by atoms with Crippen LogP contribution in [-0.4, -0.2) is 24.9 Å². The Kier molecular flexibility index (Phi) is 4.23. The highest BCUT2D eigenvalue weighted by Crippen LogP contribution is 2.37. The summed E-state index contributed by atoms with van der Waals surface area (Å²) in [4.78, 5) is 14.6. The van der Waals surface area contributed by atoms with E-state index in [9.17, 15) is 4.79 Å². The van der Waals surface area contributed by atoms with Crippen molar-refractivity contribution in [2.24, 2.45) is 0 Å². The fourth-order valence-electron chi connectivity index (χ4n) is 2.80. The molecule has 0 saturated heterocycles. The molecule has 0 fully saturated rings. The summed E-state index contributed by atoms with van der Waals surface area (Å²) in [7, 11) is 3.64. The molecule has 0 unspecified atom stereocenters. The molecule has 2 aromatic rings. The Morgan fingerprint density at radius 3 is 1.60 bits per heavy atom. The van der Waals surface area contributed by atoms with Gasteiger partial charge < -0.3 is 4.90 Å². The van der Waals surface area contributed by atoms with Gasteiger partial charge in [-0.3, -0.25) is 4.79 Å². The first-order chi connectivity index (χ1) is 9.63. The van der Waals surface area contributed by atoms with Gasteiger partial charge in [0.2, 0.25) is 5.91 Å². The summed E-state index contributed by atoms with van der Waals surface area (Å²) in [5.41, 5.74) is 1.49. The molecule has 0 aliphatic carbocycles. The van der Waals surface area contributed by atoms with Crippen LogP contribution < -0.4 is 0 Å². The predicted molar refractivity (Wildman–Crippen MR) is 82.6 cm³/mol. The summed E-state index contributed by atoms with van der Waals surface area (Å²) in [5.74, 6) is 0.123. The molecule has 0 N–H and O–H groups in total. The zero-order valence-corrected chi connectivity index (χ0v) is 12.3. The first-order valence-electron chi connectivity index (χ1n) is 6.95. The maximum atomic E-state index is 12.9. The van der Waals surface area contributed by atoms with Gasteiger partial charge in [0.15, 0.2) is 0 Å². The van der Waals surface area contributed by atoms with Crippen LogP contribution in [0.3, 0.4) is 0 Å². The molecule has 20 heavy (non-hydrogen) atoms. The van der Waals surface area contributed by atoms with Crippen LogP contribution in [0.4, 0.5) is 0 Å². The second-order valence-corrected chi connectivity index (χ2v) is 5.19. The van der Waals surface area contributed by atoms with Crippen LogP contribution in [-0.2, 0) is 10.2 Å². The average Bonchev–Trinajstić information content (AvgIpc) is 2.50. The summed E-state index contributed by atoms with van der Waals surface area (Å²) >= 11 is 0. The Bertz CT molecular complexity index is 521. The van der Waals surface area contributed by atoms with Crippen LogP contribution in [0.2, 0.25) is 0 Å². The van der Waals surface area contributed by atoms with E-state index in [2.05, 4.69) is 6.92 Å². The molecule has 0 radical (unpaired) electrons. The lowest BCUT2D eigenvalue weighted by Crippen LogP contribution is -2.44. The molecule has 2 heteroatoms. The molecule has 0 spiro atoms. The van der Waals surface area contributed by atoms with Crippen molar-refractivity contribution in [2.45, 2.75) is 18.8 Å². The van der Waals surface area contributed by atoms with Crippen LogP contribution in [0.1, 0.15) is 24.5 Å². The van der Waals surface area contributed by atoms with Gasteiger partial charge >= 0.3 is 0 Å². The number of rotatable bonds is 4. The Morgan fingerprint density at radius 1 is 0.900 bits per heavy atom. The van der Waals surface area contributed by atoms with Gasteiger partial charge in [0.05, 0.1) is 5.41 Å². The van der Waals surface area contributed by atoms with Gasteiger partial charge in [0.1, 0.15) is 0 Å². The third-order valence-corrected chi connectivity index (χ3v) is 3.83. The zero-order chi connectivity index (χ0) is 14.6. The number of amides is 1. The van der Waals surface area contributed by atoms with E-state index in [1.807, 2.05) is 74.8 Å². The standard InChI is InChI=1S/C18H21NO/c1-4-18(17(20)19(2)3,15-11-7-5-8-12-15)16-13-9-6-10-14-16/h5-14H,4H2,1-3H3. The maximum Gasteiger partial charge on any atom is 0.237 e. The normalized spacial score (nSPS) is 11.2. The summed E-state index contributed by atoms with van der Waals surface area (Å²) in [6.07, 6.45) is 0.734. The molecule has 0 heterocycles. The summed E-state index contributed by atoms with van der Waals surface area (Å²) in [6.45, 7) is 2.07. The fourth-order valence-corrected chi connectivity index (χ4v) is 2.80. The summed E-state index contributed by atoms with van der Waals surface area (Å²) in [6, 6.07) is 20.1. The van der Waals surface area contributed by atoms with E-state index in [-0.39, 0.29) is 5.91 Å². The van der Waals surface area contributed by atoms with Gasteiger partial charge in [-0.25, -0.2) is 0 Å². The molecule has 0 aliphatic rings. The first-order valence-corrected chi connectivity index (χ1v) is 6.95. The number of hydrogen-bond acceptors (Lipinski definition) is 1. The molecular weight excluding hydrogens is 246 g/mol. The number of likely N-dealkylation sites (N-methyl/N-ethyl adjacent to an activating group) is 1. The van der Waals surface area contributed by atoms with Crippen LogP contribution >= 0.6 is 0 Å². The quantitative estimate of drug-likeness (QED) is 0.830. The Balaban J connectivity index is 2.68. The van der Waals surface area contributed by atoms with Gasteiger partial charge in [-0.1, -0.05) is 67.6 Å². The largest absolute Gasteiger partial charge is 0.348 e. The molecule has 0 atom stereocenters. The lowest BCUT2D eigenvalue weighted by molar-refractivity contribution is -0.133. The monoisotopic (exact) mass is 267 g/mol. The highest BCUT2D eigenvalue weighted by atomic mass is 16.2. The molecule has 1 amide bonds. The van der Waals surface area contributed by atoms with Crippen LogP contribution in [0.5, 0.6) is 0 Å². The predicted octanol–water partition coefficient (Wildman–Crippen LogP) is 3.47. The number of carbonyl (C=O) groups is 1. The third kappa shape index (κ3) is 2.34. The maximum absolute atomic E-state index is 12.9. The van der Waals surface area contributed by atoms with E-state index >= 15 is 0 Å². The lowest BCUT2D eigenvalue weighted by atomic mass is 9.71. The first kappa shape index (κ1) is 14.3. The van der Waals surface area contributed by atoms with Gasteiger partial charge in [-0.05, 0) is 17.5 Å². The molecule has 104 valence electrons. The molecule has 2 nitrogen and oxygen atoms in total. The Hall–Kier alpha value is -2.09. The highest BCUT2D eigenvalue weighted by Gasteiger charge is 2.41. The minimum absolute atomic E-state index is 0.123. The SMILES string of the molecule is CCC(C(=O)N(C)C)(c1ccccc1)c1ccccc1. The highest BCUT2D eigenvalue weighted by molar-refractivity contribution is 5.91. The van der Waals surface area contributed by atoms with Crippen molar-refractivity contribution < 1.29 is 4.79 Å². The van der Waals surface area contributed by atoms with Gasteiger partial charge in [-0.2, -0.15) is 0 Å². The molecule has 0 bridgehead atoms. The number of hydrogen-bond donors (Lipinski definition) is 0. The summed E-state index contributed by atoms with van der Waals surface area (Å²) in [5, 5.41) is 0. The van der Waals surface area contributed by atoms with Crippen molar-refractivity contribution in [3.63, 3.8) is 0 Å². The van der Waals surface area contributed by atoms with Crippen LogP contribution in [0.25, 0.3) is 0 Å². The van der Waals surface area contributed by atoms with Crippen molar-refractivity contribution in [1.82, 2.24) is 4.90 Å². The lowest BCUT2D eigenvalue weighted by Gasteiger charge is -2.35.